The molecule has 2 aliphatic rings. The fourth-order valence-electron chi connectivity index (χ4n) is 6.84. The second-order valence-corrected chi connectivity index (χ2v) is 12.6. The van der Waals surface area contributed by atoms with E-state index in [1.165, 1.54) is 12.7 Å². The van der Waals surface area contributed by atoms with Crippen LogP contribution in [-0.4, -0.2) is 41.4 Å². The van der Waals surface area contributed by atoms with Crippen molar-refractivity contribution in [2.45, 2.75) is 89.9 Å². The smallest absolute Gasteiger partial charge is 0.335 e. The summed E-state index contributed by atoms with van der Waals surface area (Å²) in [6.07, 6.45) is 6.93. The van der Waals surface area contributed by atoms with Gasteiger partial charge < -0.3 is 15.0 Å². The summed E-state index contributed by atoms with van der Waals surface area (Å²) < 4.78 is 5.44. The van der Waals surface area contributed by atoms with E-state index >= 15 is 0 Å². The van der Waals surface area contributed by atoms with Crippen LogP contribution < -0.4 is 5.32 Å². The molecule has 3 atom stereocenters. The monoisotopic (exact) mass is 537 g/mol. The van der Waals surface area contributed by atoms with Gasteiger partial charge in [0.1, 0.15) is 0 Å². The molecule has 2 aromatic rings. The van der Waals surface area contributed by atoms with Gasteiger partial charge in [0, 0.05) is 16.2 Å². The molecule has 206 valence electrons. The average molecular weight is 538 g/mol. The molecule has 0 saturated heterocycles. The highest BCUT2D eigenvalue weighted by molar-refractivity contribution is 6.30. The summed E-state index contributed by atoms with van der Waals surface area (Å²) in [7, 11) is 1.50. The van der Waals surface area contributed by atoms with E-state index in [1.54, 1.807) is 0 Å². The van der Waals surface area contributed by atoms with Crippen molar-refractivity contribution in [3.8, 4) is 0 Å². The number of nitrogens with zero attached hydrogens (tertiary/aromatic N) is 2. The molecule has 1 N–H and O–H groups in total. The maximum atomic E-state index is 13.5. The third kappa shape index (κ3) is 5.88. The van der Waals surface area contributed by atoms with Crippen molar-refractivity contribution < 1.29 is 9.53 Å². The highest BCUT2D eigenvalue weighted by atomic mass is 35.5. The molecule has 1 aliphatic heterocycles. The summed E-state index contributed by atoms with van der Waals surface area (Å²) in [5.74, 6) is 0.986. The molecule has 5 nitrogen and oxygen atoms in total. The molecular formula is C32H44ClN3O2. The Morgan fingerprint density at radius 1 is 1.08 bits per heavy atom. The number of rotatable bonds is 9. The van der Waals surface area contributed by atoms with Gasteiger partial charge in [-0.05, 0) is 100 Å². The van der Waals surface area contributed by atoms with E-state index < -0.39 is 5.54 Å². The molecule has 0 radical (unpaired) electrons. The minimum absolute atomic E-state index is 0.0270. The summed E-state index contributed by atoms with van der Waals surface area (Å²) >= 11 is 6.10. The summed E-state index contributed by atoms with van der Waals surface area (Å²) in [5, 5.41) is 4.50. The van der Waals surface area contributed by atoms with Crippen LogP contribution in [0.2, 0.25) is 5.02 Å². The van der Waals surface area contributed by atoms with Gasteiger partial charge in [0.25, 0.3) is 0 Å². The maximum Gasteiger partial charge on any atom is 0.335 e. The molecule has 3 unspecified atom stereocenters. The minimum Gasteiger partial charge on any atom is -0.467 e. The summed E-state index contributed by atoms with van der Waals surface area (Å²) in [4.78, 5) is 20.9. The quantitative estimate of drug-likeness (QED) is 0.332. The van der Waals surface area contributed by atoms with Gasteiger partial charge in [0.15, 0.2) is 5.54 Å². The molecule has 0 spiro atoms. The van der Waals surface area contributed by atoms with Crippen LogP contribution in [0.25, 0.3) is 0 Å². The van der Waals surface area contributed by atoms with Crippen LogP contribution in [0.5, 0.6) is 0 Å². The first-order valence-electron chi connectivity index (χ1n) is 14.1. The third-order valence-electron chi connectivity index (χ3n) is 8.77. The van der Waals surface area contributed by atoms with Gasteiger partial charge in [-0.15, -0.1) is 0 Å². The van der Waals surface area contributed by atoms with Crippen LogP contribution in [0.1, 0.15) is 78.3 Å². The van der Waals surface area contributed by atoms with Crippen LogP contribution in [0.3, 0.4) is 0 Å². The summed E-state index contributed by atoms with van der Waals surface area (Å²) in [6, 6.07) is 18.6. The van der Waals surface area contributed by atoms with Crippen LogP contribution in [0, 0.1) is 17.8 Å². The zero-order valence-electron chi connectivity index (χ0n) is 23.8. The minimum atomic E-state index is -0.874. The SMILES string of the molecule is COC(=O)C1(CC(C)C)N=CN(C(C)c2ccccc2)C1C1CCC(C(C)(C)Nc2ccc(Cl)cc2)CC1. The Labute approximate surface area is 234 Å². The number of methoxy groups -OCH3 is 1. The van der Waals surface area contributed by atoms with Gasteiger partial charge in [-0.1, -0.05) is 55.8 Å². The molecule has 0 amide bonds. The van der Waals surface area contributed by atoms with Crippen molar-refractivity contribution in [2.75, 3.05) is 12.4 Å². The summed E-state index contributed by atoms with van der Waals surface area (Å²) in [5.41, 5.74) is 1.39. The molecule has 1 aliphatic carbocycles. The van der Waals surface area contributed by atoms with E-state index in [1.807, 2.05) is 36.7 Å². The summed E-state index contributed by atoms with van der Waals surface area (Å²) in [6.45, 7) is 11.2. The number of aliphatic imine (C=N–C) groups is 1. The Morgan fingerprint density at radius 2 is 1.71 bits per heavy atom. The molecule has 2 aromatic carbocycles. The average Bonchev–Trinajstić information content (AvgIpc) is 3.29. The van der Waals surface area contributed by atoms with Crippen molar-refractivity contribution in [3.63, 3.8) is 0 Å². The predicted octanol–water partition coefficient (Wildman–Crippen LogP) is 7.77. The van der Waals surface area contributed by atoms with Crippen LogP contribution in [0.15, 0.2) is 59.6 Å². The molecule has 1 heterocycles. The number of ether oxygens (including phenoxy) is 1. The van der Waals surface area contributed by atoms with Crippen LogP contribution in [0.4, 0.5) is 5.69 Å². The zero-order valence-corrected chi connectivity index (χ0v) is 24.5. The fraction of sp³-hybridized carbons (Fsp3) is 0.562. The molecule has 1 fully saturated rings. The topological polar surface area (TPSA) is 53.9 Å². The largest absolute Gasteiger partial charge is 0.467 e. The van der Waals surface area contributed by atoms with Gasteiger partial charge in [-0.3, -0.25) is 4.99 Å². The molecule has 4 rings (SSSR count). The van der Waals surface area contributed by atoms with Gasteiger partial charge >= 0.3 is 5.97 Å². The molecule has 0 bridgehead atoms. The first kappa shape index (κ1) is 28.5. The number of benzene rings is 2. The normalized spacial score (nSPS) is 26.4. The van der Waals surface area contributed by atoms with Crippen molar-refractivity contribution in [1.82, 2.24) is 4.90 Å². The number of anilines is 1. The van der Waals surface area contributed by atoms with E-state index in [-0.39, 0.29) is 23.6 Å². The Bertz CT molecular complexity index is 1090. The van der Waals surface area contributed by atoms with E-state index in [0.29, 0.717) is 24.2 Å². The third-order valence-corrected chi connectivity index (χ3v) is 9.02. The number of esters is 1. The lowest BCUT2D eigenvalue weighted by Crippen LogP contribution is -2.57. The first-order chi connectivity index (χ1) is 18.1. The standard InChI is InChI=1S/C32H44ClN3O2/c1-22(2)20-32(30(37)38-6)29(36(21-34-32)23(3)24-10-8-7-9-11-24)25-12-14-26(15-13-25)31(4,5)35-28-18-16-27(33)17-19-28/h7-11,16-19,21-23,25-26,29,35H,12-15,20H2,1-6H3. The zero-order chi connectivity index (χ0) is 27.5. The highest BCUT2D eigenvalue weighted by Crippen LogP contribution is 2.47. The van der Waals surface area contributed by atoms with Crippen molar-refractivity contribution in [3.05, 3.63) is 65.2 Å². The second kappa shape index (κ2) is 11.7. The predicted molar refractivity (Wildman–Crippen MR) is 158 cm³/mol. The molecule has 1 saturated carbocycles. The van der Waals surface area contributed by atoms with Crippen molar-refractivity contribution >= 4 is 29.6 Å². The van der Waals surface area contributed by atoms with Crippen LogP contribution >= 0.6 is 11.6 Å². The van der Waals surface area contributed by atoms with Crippen LogP contribution in [-0.2, 0) is 9.53 Å². The maximum absolute atomic E-state index is 13.5. The molecular weight excluding hydrogens is 494 g/mol. The number of halogens is 1. The van der Waals surface area contributed by atoms with E-state index in [4.69, 9.17) is 21.3 Å². The number of hydrogen-bond donors (Lipinski definition) is 1. The molecule has 0 aromatic heterocycles. The second-order valence-electron chi connectivity index (χ2n) is 12.2. The van der Waals surface area contributed by atoms with E-state index in [2.05, 4.69) is 69.1 Å². The lowest BCUT2D eigenvalue weighted by molar-refractivity contribution is -0.150. The Balaban J connectivity index is 1.58. The first-order valence-corrected chi connectivity index (χ1v) is 14.4. The van der Waals surface area contributed by atoms with E-state index in [0.717, 1.165) is 36.4 Å². The van der Waals surface area contributed by atoms with Gasteiger partial charge in [0.05, 0.1) is 25.5 Å². The number of hydrogen-bond acceptors (Lipinski definition) is 5. The van der Waals surface area contributed by atoms with Gasteiger partial charge in [0.2, 0.25) is 0 Å². The van der Waals surface area contributed by atoms with Crippen molar-refractivity contribution in [2.24, 2.45) is 22.7 Å². The number of nitrogens with one attached hydrogen (secondary N) is 1. The Morgan fingerprint density at radius 3 is 2.29 bits per heavy atom. The lowest BCUT2D eigenvalue weighted by Gasteiger charge is -2.47. The highest BCUT2D eigenvalue weighted by Gasteiger charge is 2.56. The van der Waals surface area contributed by atoms with Gasteiger partial charge in [-0.25, -0.2) is 4.79 Å². The lowest BCUT2D eigenvalue weighted by atomic mass is 9.67. The van der Waals surface area contributed by atoms with Gasteiger partial charge in [-0.2, -0.15) is 0 Å². The fourth-order valence-corrected chi connectivity index (χ4v) is 6.96. The van der Waals surface area contributed by atoms with Crippen molar-refractivity contribution in [1.29, 1.82) is 0 Å². The number of carbonyl (C=O) groups is 1. The Hall–Kier alpha value is -2.53. The molecule has 6 heteroatoms. The van der Waals surface area contributed by atoms with E-state index in [9.17, 15) is 4.79 Å². The number of carbonyl (C=O) groups excluding carboxylic acids is 1. The molecule has 38 heavy (non-hydrogen) atoms. The Kier molecular flexibility index (Phi) is 8.76.